The molecule has 1 aliphatic rings. The molecule has 3 rings (SSSR count). The fourth-order valence-corrected chi connectivity index (χ4v) is 3.82. The first-order chi connectivity index (χ1) is 11.5. The number of nitrogens with zero attached hydrogens (tertiary/aromatic N) is 1. The lowest BCUT2D eigenvalue weighted by atomic mass is 10.2. The van der Waals surface area contributed by atoms with Crippen LogP contribution in [-0.4, -0.2) is 23.6 Å². The van der Waals surface area contributed by atoms with Crippen LogP contribution in [0.15, 0.2) is 47.4 Å². The van der Waals surface area contributed by atoms with E-state index in [1.807, 2.05) is 31.2 Å². The van der Waals surface area contributed by atoms with Crippen LogP contribution in [0.5, 0.6) is 0 Å². The van der Waals surface area contributed by atoms with E-state index in [4.69, 9.17) is 0 Å². The highest BCUT2D eigenvalue weighted by molar-refractivity contribution is 8.00. The SMILES string of the molecule is Cc1ccc(S[C@H](C)C(=O)N2CC(=O)Nc3ccccc32)c(C)c1. The van der Waals surface area contributed by atoms with E-state index in [1.165, 1.54) is 17.3 Å². The van der Waals surface area contributed by atoms with Gasteiger partial charge in [-0.1, -0.05) is 29.8 Å². The normalized spacial score (nSPS) is 14.8. The number of hydrogen-bond acceptors (Lipinski definition) is 3. The van der Waals surface area contributed by atoms with Crippen LogP contribution in [0, 0.1) is 13.8 Å². The molecule has 1 N–H and O–H groups in total. The Morgan fingerprint density at radius 1 is 1.21 bits per heavy atom. The van der Waals surface area contributed by atoms with Crippen molar-refractivity contribution >= 4 is 35.0 Å². The number of amides is 2. The molecule has 4 nitrogen and oxygen atoms in total. The number of para-hydroxylation sites is 2. The Labute approximate surface area is 146 Å². The molecule has 0 aliphatic carbocycles. The molecular formula is C19H20N2O2S. The Hall–Kier alpha value is -2.27. The molecule has 0 unspecified atom stereocenters. The van der Waals surface area contributed by atoms with Crippen molar-refractivity contribution in [3.05, 3.63) is 53.6 Å². The Morgan fingerprint density at radius 2 is 1.96 bits per heavy atom. The lowest BCUT2D eigenvalue weighted by Gasteiger charge is -2.31. The summed E-state index contributed by atoms with van der Waals surface area (Å²) in [6.07, 6.45) is 0. The van der Waals surface area contributed by atoms with Crippen LogP contribution in [0.3, 0.4) is 0 Å². The van der Waals surface area contributed by atoms with Gasteiger partial charge in [-0.05, 0) is 44.5 Å². The highest BCUT2D eigenvalue weighted by atomic mass is 32.2. The number of carbonyl (C=O) groups is 2. The minimum Gasteiger partial charge on any atom is -0.323 e. The van der Waals surface area contributed by atoms with Crippen molar-refractivity contribution in [2.75, 3.05) is 16.8 Å². The zero-order valence-corrected chi connectivity index (χ0v) is 14.8. The van der Waals surface area contributed by atoms with Gasteiger partial charge in [0.05, 0.1) is 16.6 Å². The third-order valence-electron chi connectivity index (χ3n) is 4.02. The Kier molecular flexibility index (Phi) is 4.62. The molecule has 0 bridgehead atoms. The van der Waals surface area contributed by atoms with Crippen molar-refractivity contribution in [2.24, 2.45) is 0 Å². The Morgan fingerprint density at radius 3 is 2.71 bits per heavy atom. The van der Waals surface area contributed by atoms with Crippen molar-refractivity contribution in [2.45, 2.75) is 30.9 Å². The second-order valence-electron chi connectivity index (χ2n) is 6.02. The number of nitrogens with one attached hydrogen (secondary N) is 1. The molecule has 0 radical (unpaired) electrons. The molecule has 1 heterocycles. The Bertz CT molecular complexity index is 804. The third-order valence-corrected chi connectivity index (χ3v) is 5.29. The first kappa shape index (κ1) is 16.6. The van der Waals surface area contributed by atoms with Crippen LogP contribution in [0.25, 0.3) is 0 Å². The van der Waals surface area contributed by atoms with E-state index in [0.717, 1.165) is 16.1 Å². The van der Waals surface area contributed by atoms with E-state index in [9.17, 15) is 9.59 Å². The van der Waals surface area contributed by atoms with E-state index in [2.05, 4.69) is 37.4 Å². The van der Waals surface area contributed by atoms with E-state index in [-0.39, 0.29) is 23.6 Å². The maximum atomic E-state index is 12.9. The highest BCUT2D eigenvalue weighted by Crippen LogP contribution is 2.33. The quantitative estimate of drug-likeness (QED) is 0.865. The van der Waals surface area contributed by atoms with Crippen molar-refractivity contribution in [1.82, 2.24) is 0 Å². The number of benzene rings is 2. The average molecular weight is 340 g/mol. The zero-order chi connectivity index (χ0) is 17.3. The monoisotopic (exact) mass is 340 g/mol. The molecule has 24 heavy (non-hydrogen) atoms. The van der Waals surface area contributed by atoms with Gasteiger partial charge in [0, 0.05) is 4.90 Å². The lowest BCUT2D eigenvalue weighted by molar-refractivity contribution is -0.121. The smallest absolute Gasteiger partial charge is 0.244 e. The van der Waals surface area contributed by atoms with Gasteiger partial charge < -0.3 is 5.32 Å². The topological polar surface area (TPSA) is 49.4 Å². The third kappa shape index (κ3) is 3.31. The minimum absolute atomic E-state index is 0.0534. The van der Waals surface area contributed by atoms with Crippen LogP contribution in [0.1, 0.15) is 18.1 Å². The van der Waals surface area contributed by atoms with E-state index in [0.29, 0.717) is 5.69 Å². The molecule has 2 amide bonds. The van der Waals surface area contributed by atoms with Crippen molar-refractivity contribution in [1.29, 1.82) is 0 Å². The fourth-order valence-electron chi connectivity index (χ4n) is 2.82. The van der Waals surface area contributed by atoms with Gasteiger partial charge in [0.1, 0.15) is 6.54 Å². The van der Waals surface area contributed by atoms with E-state index < -0.39 is 0 Å². The molecule has 0 saturated heterocycles. The standard InChI is InChI=1S/C19H20N2O2S/c1-12-8-9-17(13(2)10-12)24-14(3)19(23)21-11-18(22)20-15-6-4-5-7-16(15)21/h4-10,14H,11H2,1-3H3,(H,20,22)/t14-/m1/s1. The molecule has 124 valence electrons. The summed E-state index contributed by atoms with van der Waals surface area (Å²) in [7, 11) is 0. The van der Waals surface area contributed by atoms with Crippen molar-refractivity contribution in [3.63, 3.8) is 0 Å². The molecule has 0 aromatic heterocycles. The zero-order valence-electron chi connectivity index (χ0n) is 14.0. The maximum Gasteiger partial charge on any atom is 0.244 e. The summed E-state index contributed by atoms with van der Waals surface area (Å²) in [4.78, 5) is 27.5. The first-order valence-corrected chi connectivity index (χ1v) is 8.78. The molecule has 0 fully saturated rings. The molecule has 1 aliphatic heterocycles. The van der Waals surface area contributed by atoms with Crippen LogP contribution >= 0.6 is 11.8 Å². The number of rotatable bonds is 3. The lowest BCUT2D eigenvalue weighted by Crippen LogP contribution is -2.45. The maximum absolute atomic E-state index is 12.9. The summed E-state index contributed by atoms with van der Waals surface area (Å²) in [5, 5.41) is 2.54. The number of anilines is 2. The Balaban J connectivity index is 1.82. The second-order valence-corrected chi connectivity index (χ2v) is 7.40. The van der Waals surface area contributed by atoms with Crippen molar-refractivity contribution < 1.29 is 9.59 Å². The predicted octanol–water partition coefficient (Wildman–Crippen LogP) is 3.77. The molecular weight excluding hydrogens is 320 g/mol. The van der Waals surface area contributed by atoms with Gasteiger partial charge in [-0.25, -0.2) is 0 Å². The van der Waals surface area contributed by atoms with Gasteiger partial charge in [0.2, 0.25) is 11.8 Å². The molecule has 0 saturated carbocycles. The van der Waals surface area contributed by atoms with Gasteiger partial charge in [-0.2, -0.15) is 0 Å². The number of fused-ring (bicyclic) bond motifs is 1. The summed E-state index contributed by atoms with van der Waals surface area (Å²) in [6.45, 7) is 6.06. The second kappa shape index (κ2) is 6.69. The van der Waals surface area contributed by atoms with Crippen LogP contribution in [0.4, 0.5) is 11.4 Å². The largest absolute Gasteiger partial charge is 0.323 e. The van der Waals surface area contributed by atoms with Gasteiger partial charge >= 0.3 is 0 Å². The van der Waals surface area contributed by atoms with Gasteiger partial charge in [-0.3, -0.25) is 14.5 Å². The summed E-state index contributed by atoms with van der Waals surface area (Å²) in [5.41, 5.74) is 3.81. The van der Waals surface area contributed by atoms with Gasteiger partial charge in [0.15, 0.2) is 0 Å². The average Bonchev–Trinajstić information content (AvgIpc) is 2.55. The number of aryl methyl sites for hydroxylation is 2. The van der Waals surface area contributed by atoms with E-state index in [1.54, 1.807) is 4.90 Å². The molecule has 5 heteroatoms. The fraction of sp³-hybridized carbons (Fsp3) is 0.263. The molecule has 1 atom stereocenters. The summed E-state index contributed by atoms with van der Waals surface area (Å²) >= 11 is 1.53. The van der Waals surface area contributed by atoms with Crippen LogP contribution in [0.2, 0.25) is 0 Å². The predicted molar refractivity (Wildman–Crippen MR) is 98.7 cm³/mol. The highest BCUT2D eigenvalue weighted by Gasteiger charge is 2.30. The number of carbonyl (C=O) groups excluding carboxylic acids is 2. The summed E-state index contributed by atoms with van der Waals surface area (Å²) in [5.74, 6) is -0.215. The van der Waals surface area contributed by atoms with E-state index >= 15 is 0 Å². The molecule has 2 aromatic rings. The number of hydrogen-bond donors (Lipinski definition) is 1. The van der Waals surface area contributed by atoms with Gasteiger partial charge in [-0.15, -0.1) is 11.8 Å². The first-order valence-electron chi connectivity index (χ1n) is 7.90. The number of thioether (sulfide) groups is 1. The summed E-state index contributed by atoms with van der Waals surface area (Å²) < 4.78 is 0. The van der Waals surface area contributed by atoms with Crippen molar-refractivity contribution in [3.8, 4) is 0 Å². The molecule has 0 spiro atoms. The van der Waals surface area contributed by atoms with Gasteiger partial charge in [0.25, 0.3) is 0 Å². The molecule has 2 aromatic carbocycles. The summed E-state index contributed by atoms with van der Waals surface area (Å²) in [6, 6.07) is 13.6. The van der Waals surface area contributed by atoms with Crippen LogP contribution < -0.4 is 10.2 Å². The minimum atomic E-state index is -0.273. The van der Waals surface area contributed by atoms with Crippen LogP contribution in [-0.2, 0) is 9.59 Å².